The number of phosphoric acid groups is 2. The lowest BCUT2D eigenvalue weighted by molar-refractivity contribution is -0.161. The highest BCUT2D eigenvalue weighted by molar-refractivity contribution is 7.47. The minimum absolute atomic E-state index is 0.105. The van der Waals surface area contributed by atoms with Crippen molar-refractivity contribution in [3.8, 4) is 0 Å². The number of aliphatic hydroxyl groups is 1. The van der Waals surface area contributed by atoms with Crippen LogP contribution in [0, 0.1) is 17.8 Å². The third-order valence-electron chi connectivity index (χ3n) is 19.1. The molecule has 0 aliphatic rings. The predicted octanol–water partition coefficient (Wildman–Crippen LogP) is 24.5. The molecule has 0 heterocycles. The number of rotatable bonds is 80. The van der Waals surface area contributed by atoms with Gasteiger partial charge in [-0.1, -0.05) is 376 Å². The lowest BCUT2D eigenvalue weighted by Crippen LogP contribution is -2.30. The van der Waals surface area contributed by atoms with Gasteiger partial charge in [-0.3, -0.25) is 37.3 Å². The van der Waals surface area contributed by atoms with Gasteiger partial charge in [0.1, 0.15) is 19.3 Å². The molecule has 0 saturated heterocycles. The first kappa shape index (κ1) is 99.1. The topological polar surface area (TPSA) is 237 Å². The minimum Gasteiger partial charge on any atom is -0.462 e. The Labute approximate surface area is 619 Å². The second-order valence-corrected chi connectivity index (χ2v) is 33.8. The number of carbonyl (C=O) groups excluding carboxylic acids is 4. The van der Waals surface area contributed by atoms with E-state index in [1.165, 1.54) is 238 Å². The molecule has 0 aromatic heterocycles. The van der Waals surface area contributed by atoms with Crippen molar-refractivity contribution in [3.63, 3.8) is 0 Å². The highest BCUT2D eigenvalue weighted by Crippen LogP contribution is 2.45. The normalized spacial score (nSPS) is 14.0. The average Bonchev–Trinajstić information content (AvgIpc) is 0.928. The quantitative estimate of drug-likeness (QED) is 0.0222. The summed E-state index contributed by atoms with van der Waals surface area (Å²) < 4.78 is 68.7. The van der Waals surface area contributed by atoms with Gasteiger partial charge in [-0.2, -0.15) is 0 Å². The van der Waals surface area contributed by atoms with Gasteiger partial charge in [-0.25, -0.2) is 9.13 Å². The molecule has 0 radical (unpaired) electrons. The molecule has 0 aliphatic heterocycles. The monoisotopic (exact) mass is 1480 g/mol. The summed E-state index contributed by atoms with van der Waals surface area (Å²) in [6, 6.07) is 0. The molecule has 0 aromatic carbocycles. The van der Waals surface area contributed by atoms with Crippen LogP contribution in [-0.2, 0) is 65.4 Å². The van der Waals surface area contributed by atoms with Gasteiger partial charge in [0.25, 0.3) is 0 Å². The third kappa shape index (κ3) is 76.1. The van der Waals surface area contributed by atoms with Gasteiger partial charge < -0.3 is 33.8 Å². The summed E-state index contributed by atoms with van der Waals surface area (Å²) in [5, 5.41) is 10.6. The Morgan fingerprint density at radius 2 is 0.455 bits per heavy atom. The van der Waals surface area contributed by atoms with Gasteiger partial charge in [-0.05, 0) is 43.4 Å². The molecule has 0 aliphatic carbocycles. The van der Waals surface area contributed by atoms with Crippen LogP contribution in [0.1, 0.15) is 427 Å². The molecule has 600 valence electrons. The van der Waals surface area contributed by atoms with Crippen molar-refractivity contribution in [2.24, 2.45) is 17.8 Å². The van der Waals surface area contributed by atoms with Crippen LogP contribution in [0.15, 0.2) is 0 Å². The van der Waals surface area contributed by atoms with Crippen molar-refractivity contribution >= 4 is 39.5 Å². The Kier molecular flexibility index (Phi) is 70.9. The standard InChI is InChI=1S/C82H160O17P2/c1-8-9-10-11-12-13-14-15-16-17-18-19-23-26-29-34-42-49-56-63-79(84)92-69-77(98-81(86)65-58-51-44-35-30-27-24-21-20-22-25-28-32-39-46-53-60-73(2)3)71-96-100(88,89)94-67-76(83)68-95-101(90,91)97-72-78(70-93-80(85)64-57-50-43-38-37-41-48-55-62-75(6)7)99-82(87)66-59-52-45-36-31-33-40-47-54-61-74(4)5/h73-78,83H,8-72H2,1-7H3,(H,88,89)(H,90,91)/t76-,77-,78-/m1/s1. The molecule has 17 nitrogen and oxygen atoms in total. The molecular formula is C82H160O17P2. The average molecular weight is 1480 g/mol. The molecule has 19 heteroatoms. The molecule has 0 rings (SSSR count). The molecule has 0 spiro atoms. The zero-order valence-electron chi connectivity index (χ0n) is 66.4. The van der Waals surface area contributed by atoms with Gasteiger partial charge in [0, 0.05) is 25.7 Å². The number of hydrogen-bond donors (Lipinski definition) is 3. The number of ether oxygens (including phenoxy) is 4. The van der Waals surface area contributed by atoms with E-state index in [-0.39, 0.29) is 25.7 Å². The van der Waals surface area contributed by atoms with Gasteiger partial charge in [-0.15, -0.1) is 0 Å². The first-order valence-corrected chi connectivity index (χ1v) is 45.3. The lowest BCUT2D eigenvalue weighted by atomic mass is 10.0. The Morgan fingerprint density at radius 3 is 0.673 bits per heavy atom. The predicted molar refractivity (Wildman–Crippen MR) is 414 cm³/mol. The van der Waals surface area contributed by atoms with Crippen LogP contribution in [0.2, 0.25) is 0 Å². The number of hydrogen-bond acceptors (Lipinski definition) is 15. The summed E-state index contributed by atoms with van der Waals surface area (Å²) in [6.45, 7) is 11.9. The zero-order chi connectivity index (χ0) is 74.4. The number of carbonyl (C=O) groups is 4. The smallest absolute Gasteiger partial charge is 0.462 e. The highest BCUT2D eigenvalue weighted by atomic mass is 31.2. The number of esters is 4. The van der Waals surface area contributed by atoms with Gasteiger partial charge in [0.2, 0.25) is 0 Å². The van der Waals surface area contributed by atoms with Crippen molar-refractivity contribution in [2.75, 3.05) is 39.6 Å². The van der Waals surface area contributed by atoms with Gasteiger partial charge in [0.15, 0.2) is 12.2 Å². The van der Waals surface area contributed by atoms with Crippen LogP contribution >= 0.6 is 15.6 Å². The largest absolute Gasteiger partial charge is 0.472 e. The first-order valence-electron chi connectivity index (χ1n) is 42.3. The molecule has 5 atom stereocenters. The van der Waals surface area contributed by atoms with Crippen LogP contribution in [0.5, 0.6) is 0 Å². The summed E-state index contributed by atoms with van der Waals surface area (Å²) in [4.78, 5) is 73.0. The van der Waals surface area contributed by atoms with E-state index in [9.17, 15) is 43.2 Å². The Bertz CT molecular complexity index is 1960. The number of phosphoric ester groups is 2. The van der Waals surface area contributed by atoms with E-state index in [0.29, 0.717) is 25.7 Å². The van der Waals surface area contributed by atoms with Crippen LogP contribution < -0.4 is 0 Å². The second kappa shape index (κ2) is 72.3. The SMILES string of the molecule is CCCCCCCCCCCCCCCCCCCCCC(=O)OC[C@H](COP(=O)(O)OC[C@@H](O)COP(=O)(O)OC[C@@H](COC(=O)CCCCCCCCCCC(C)C)OC(=O)CCCCCCCCCCCC(C)C)OC(=O)CCCCCCCCCCCCCCCCCCC(C)C. The maximum atomic E-state index is 13.1. The van der Waals surface area contributed by atoms with Gasteiger partial charge >= 0.3 is 39.5 Å². The van der Waals surface area contributed by atoms with Crippen molar-refractivity contribution in [1.82, 2.24) is 0 Å². The fourth-order valence-corrected chi connectivity index (χ4v) is 14.2. The highest BCUT2D eigenvalue weighted by Gasteiger charge is 2.30. The number of aliphatic hydroxyl groups excluding tert-OH is 1. The summed E-state index contributed by atoms with van der Waals surface area (Å²) in [5.41, 5.74) is 0. The summed E-state index contributed by atoms with van der Waals surface area (Å²) in [7, 11) is -9.92. The Hall–Kier alpha value is -1.94. The van der Waals surface area contributed by atoms with Crippen molar-refractivity contribution in [1.29, 1.82) is 0 Å². The van der Waals surface area contributed by atoms with Crippen molar-refractivity contribution < 1.29 is 80.2 Å². The second-order valence-electron chi connectivity index (χ2n) is 30.9. The zero-order valence-corrected chi connectivity index (χ0v) is 68.2. The van der Waals surface area contributed by atoms with E-state index < -0.39 is 97.5 Å². The van der Waals surface area contributed by atoms with Crippen molar-refractivity contribution in [2.45, 2.75) is 446 Å². The summed E-state index contributed by atoms with van der Waals surface area (Å²) >= 11 is 0. The van der Waals surface area contributed by atoms with Gasteiger partial charge in [0.05, 0.1) is 26.4 Å². The molecule has 101 heavy (non-hydrogen) atoms. The van der Waals surface area contributed by atoms with E-state index in [1.807, 2.05) is 0 Å². The van der Waals surface area contributed by atoms with E-state index in [0.717, 1.165) is 108 Å². The first-order chi connectivity index (χ1) is 48.7. The number of unbranched alkanes of at least 4 members (excludes halogenated alkanes) is 48. The Morgan fingerprint density at radius 1 is 0.267 bits per heavy atom. The van der Waals surface area contributed by atoms with E-state index >= 15 is 0 Å². The molecular weight excluding hydrogens is 1320 g/mol. The summed E-state index contributed by atoms with van der Waals surface area (Å²) in [6.07, 6.45) is 61.2. The molecule has 0 saturated carbocycles. The maximum Gasteiger partial charge on any atom is 0.472 e. The fourth-order valence-electron chi connectivity index (χ4n) is 12.7. The molecule has 0 amide bonds. The molecule has 3 N–H and O–H groups in total. The molecule has 2 unspecified atom stereocenters. The summed E-state index contributed by atoms with van der Waals surface area (Å²) in [5.74, 6) is 0.160. The van der Waals surface area contributed by atoms with E-state index in [4.69, 9.17) is 37.0 Å². The van der Waals surface area contributed by atoms with Crippen LogP contribution in [-0.4, -0.2) is 96.7 Å². The fraction of sp³-hybridized carbons (Fsp3) is 0.951. The van der Waals surface area contributed by atoms with Crippen molar-refractivity contribution in [3.05, 3.63) is 0 Å². The van der Waals surface area contributed by atoms with E-state index in [1.54, 1.807) is 0 Å². The maximum absolute atomic E-state index is 13.1. The molecule has 0 aromatic rings. The molecule has 0 bridgehead atoms. The molecule has 0 fully saturated rings. The third-order valence-corrected chi connectivity index (χ3v) is 21.0. The lowest BCUT2D eigenvalue weighted by Gasteiger charge is -2.21. The van der Waals surface area contributed by atoms with E-state index in [2.05, 4.69) is 48.5 Å². The minimum atomic E-state index is -4.96. The van der Waals surface area contributed by atoms with Crippen LogP contribution in [0.25, 0.3) is 0 Å². The van der Waals surface area contributed by atoms with Crippen LogP contribution in [0.4, 0.5) is 0 Å². The van der Waals surface area contributed by atoms with Crippen LogP contribution in [0.3, 0.4) is 0 Å². The Balaban J connectivity index is 5.23.